The molecule has 0 aliphatic rings. The summed E-state index contributed by atoms with van der Waals surface area (Å²) in [5.41, 5.74) is 2.73. The number of carbonyl (C=O) groups is 1. The number of ketones is 1. The van der Waals surface area contributed by atoms with Crippen molar-refractivity contribution in [1.29, 1.82) is 0 Å². The molecule has 1 heterocycles. The number of Topliss-reactive ketones (excluding diaryl/α,β-unsaturated/α-hetero) is 1. The molecule has 0 bridgehead atoms. The van der Waals surface area contributed by atoms with E-state index in [0.29, 0.717) is 35.0 Å². The molecule has 0 spiro atoms. The lowest BCUT2D eigenvalue weighted by atomic mass is 9.78. The molecule has 0 fully saturated rings. The number of carbonyl (C=O) groups excluding carboxylic acids is 1. The minimum absolute atomic E-state index is 0.0523. The van der Waals surface area contributed by atoms with Crippen molar-refractivity contribution < 1.29 is 20.1 Å². The molecule has 1 aromatic heterocycles. The first kappa shape index (κ1) is 30.3. The Bertz CT molecular complexity index is 1090. The number of aliphatic hydroxyl groups is 2. The van der Waals surface area contributed by atoms with Gasteiger partial charge < -0.3 is 24.5 Å². The Morgan fingerprint density at radius 3 is 1.81 bits per heavy atom. The van der Waals surface area contributed by atoms with Gasteiger partial charge in [0.15, 0.2) is 5.78 Å². The lowest BCUT2D eigenvalue weighted by Gasteiger charge is -2.28. The molecule has 0 atom stereocenters. The van der Waals surface area contributed by atoms with E-state index < -0.39 is 0 Å². The van der Waals surface area contributed by atoms with Gasteiger partial charge in [-0.2, -0.15) is 4.02 Å². The monoisotopic (exact) mass is 565 g/mol. The summed E-state index contributed by atoms with van der Waals surface area (Å²) >= 11 is 3.21. The molecule has 2 rings (SSSR count). The van der Waals surface area contributed by atoms with Gasteiger partial charge in [0.1, 0.15) is 5.75 Å². The average Bonchev–Trinajstić information content (AvgIpc) is 3.09. The molecule has 0 saturated carbocycles. The summed E-state index contributed by atoms with van der Waals surface area (Å²) in [5.74, 6) is 0.602. The number of aliphatic hydroxyl groups excluding tert-OH is 2. The van der Waals surface area contributed by atoms with Crippen molar-refractivity contribution in [3.05, 3.63) is 45.8 Å². The zero-order valence-electron chi connectivity index (χ0n) is 23.2. The molecule has 36 heavy (non-hydrogen) atoms. The highest BCUT2D eigenvalue weighted by molar-refractivity contribution is 9.08. The van der Waals surface area contributed by atoms with Crippen LogP contribution in [0.2, 0.25) is 0 Å². The van der Waals surface area contributed by atoms with Crippen LogP contribution in [0.15, 0.2) is 16.2 Å². The van der Waals surface area contributed by atoms with Gasteiger partial charge >= 0.3 is 0 Å². The molecule has 0 aliphatic heterocycles. The van der Waals surface area contributed by atoms with E-state index in [4.69, 9.17) is 0 Å². The van der Waals surface area contributed by atoms with Gasteiger partial charge in [-0.1, -0.05) is 68.2 Å². The summed E-state index contributed by atoms with van der Waals surface area (Å²) in [6.45, 7) is 16.4. The Labute approximate surface area is 224 Å². The first-order valence-corrected chi connectivity index (χ1v) is 13.5. The van der Waals surface area contributed by atoms with Crippen LogP contribution >= 0.6 is 16.1 Å². The molecule has 2 aromatic rings. The molecule has 202 valence electrons. The molecule has 0 aliphatic carbocycles. The molecule has 0 amide bonds. The molecule has 0 saturated heterocycles. The summed E-state index contributed by atoms with van der Waals surface area (Å²) in [6.07, 6.45) is 3.03. The van der Waals surface area contributed by atoms with Gasteiger partial charge in [0.05, 0.1) is 47.3 Å². The standard InChI is InChI=1S/C28H44BrN3O4/c1-9-18(10-2)11-12-31-22(16-33)23(17-34)32(26(31)30-29)15-24(35)19-13-20(27(3,4)5)25(36)21(14-19)28(6,7)8/h13-14,18,33-34,36H,9-12,15-17H2,1-8H3/b30-26-. The van der Waals surface area contributed by atoms with E-state index in [1.807, 2.05) is 46.1 Å². The van der Waals surface area contributed by atoms with Crippen LogP contribution in [0.3, 0.4) is 0 Å². The van der Waals surface area contributed by atoms with Crippen molar-refractivity contribution in [2.24, 2.45) is 9.94 Å². The highest BCUT2D eigenvalue weighted by Gasteiger charge is 2.28. The molecule has 0 unspecified atom stereocenters. The Hall–Kier alpha value is -1.90. The second-order valence-corrected chi connectivity index (χ2v) is 12.0. The number of hydrogen-bond acceptors (Lipinski definition) is 5. The second kappa shape index (κ2) is 12.1. The van der Waals surface area contributed by atoms with E-state index >= 15 is 0 Å². The normalized spacial score (nSPS) is 13.2. The number of benzene rings is 1. The number of rotatable bonds is 10. The number of halogens is 1. The predicted octanol–water partition coefficient (Wildman–Crippen LogP) is 5.49. The largest absolute Gasteiger partial charge is 0.507 e. The van der Waals surface area contributed by atoms with Crippen molar-refractivity contribution in [2.75, 3.05) is 0 Å². The smallest absolute Gasteiger partial charge is 0.217 e. The highest BCUT2D eigenvalue weighted by atomic mass is 79.9. The SMILES string of the molecule is CCC(CC)CCn1c(CO)c(CO)n(CC(=O)c2cc(C(C)(C)C)c(O)c(C(C)(C)C)c2)/c1=N\Br. The van der Waals surface area contributed by atoms with Crippen LogP contribution in [0.25, 0.3) is 0 Å². The van der Waals surface area contributed by atoms with Crippen molar-refractivity contribution in [2.45, 2.75) is 112 Å². The van der Waals surface area contributed by atoms with Crippen LogP contribution in [0.5, 0.6) is 5.75 Å². The minimum Gasteiger partial charge on any atom is -0.507 e. The lowest BCUT2D eigenvalue weighted by Crippen LogP contribution is -2.30. The summed E-state index contributed by atoms with van der Waals surface area (Å²) < 4.78 is 7.84. The first-order valence-electron chi connectivity index (χ1n) is 12.8. The molecular formula is C28H44BrN3O4. The van der Waals surface area contributed by atoms with E-state index in [2.05, 4.69) is 34.0 Å². The first-order chi connectivity index (χ1) is 16.7. The fraction of sp³-hybridized carbons (Fsp3) is 0.643. The average molecular weight is 567 g/mol. The van der Waals surface area contributed by atoms with Crippen molar-refractivity contribution in [3.63, 3.8) is 0 Å². The topological polar surface area (TPSA) is 100.0 Å². The zero-order valence-corrected chi connectivity index (χ0v) is 24.7. The maximum Gasteiger partial charge on any atom is 0.217 e. The maximum atomic E-state index is 13.7. The van der Waals surface area contributed by atoms with Crippen molar-refractivity contribution in [3.8, 4) is 5.75 Å². The van der Waals surface area contributed by atoms with E-state index in [-0.39, 0.29) is 42.1 Å². The van der Waals surface area contributed by atoms with Crippen LogP contribution in [0.1, 0.15) is 108 Å². The molecule has 3 N–H and O–H groups in total. The Kier molecular flexibility index (Phi) is 10.2. The van der Waals surface area contributed by atoms with Gasteiger partial charge in [0.2, 0.25) is 5.62 Å². The fourth-order valence-electron chi connectivity index (χ4n) is 4.73. The quantitative estimate of drug-likeness (QED) is 0.331. The van der Waals surface area contributed by atoms with E-state index in [9.17, 15) is 20.1 Å². The Morgan fingerprint density at radius 2 is 1.42 bits per heavy atom. The number of aromatic nitrogens is 2. The molecule has 1 aromatic carbocycles. The molecule has 0 radical (unpaired) electrons. The van der Waals surface area contributed by atoms with Gasteiger partial charge in [-0.05, 0) is 35.3 Å². The van der Waals surface area contributed by atoms with E-state index in [1.54, 1.807) is 16.7 Å². The number of nitrogens with zero attached hydrogens (tertiary/aromatic N) is 3. The van der Waals surface area contributed by atoms with E-state index in [1.165, 1.54) is 0 Å². The summed E-state index contributed by atoms with van der Waals surface area (Å²) in [7, 11) is 0. The van der Waals surface area contributed by atoms with Gasteiger partial charge in [-0.15, -0.1) is 0 Å². The summed E-state index contributed by atoms with van der Waals surface area (Å²) in [5, 5.41) is 31.4. The fourth-order valence-corrected chi connectivity index (χ4v) is 5.11. The number of phenols is 1. The maximum absolute atomic E-state index is 13.7. The number of imidazole rings is 1. The van der Waals surface area contributed by atoms with Gasteiger partial charge in [0, 0.05) is 23.2 Å². The predicted molar refractivity (Wildman–Crippen MR) is 147 cm³/mol. The third kappa shape index (κ3) is 6.50. The van der Waals surface area contributed by atoms with Crippen molar-refractivity contribution in [1.82, 2.24) is 9.13 Å². The zero-order chi connectivity index (χ0) is 27.4. The minimum atomic E-state index is -0.359. The number of hydrogen-bond donors (Lipinski definition) is 3. The van der Waals surface area contributed by atoms with Crippen LogP contribution in [-0.2, 0) is 37.1 Å². The van der Waals surface area contributed by atoms with Gasteiger partial charge in [-0.3, -0.25) is 4.79 Å². The van der Waals surface area contributed by atoms with Crippen LogP contribution in [0, 0.1) is 5.92 Å². The van der Waals surface area contributed by atoms with Crippen molar-refractivity contribution >= 4 is 21.9 Å². The van der Waals surface area contributed by atoms with Crippen LogP contribution in [-0.4, -0.2) is 30.2 Å². The Balaban J connectivity index is 2.63. The van der Waals surface area contributed by atoms with Gasteiger partial charge in [0.25, 0.3) is 0 Å². The molecule has 8 heteroatoms. The lowest BCUT2D eigenvalue weighted by molar-refractivity contribution is 0.0967. The highest BCUT2D eigenvalue weighted by Crippen LogP contribution is 2.40. The summed E-state index contributed by atoms with van der Waals surface area (Å²) in [6, 6.07) is 3.54. The number of phenolic OH excluding ortho intramolecular Hbond substituents is 1. The third-order valence-electron chi connectivity index (χ3n) is 7.11. The Morgan fingerprint density at radius 1 is 0.944 bits per heavy atom. The van der Waals surface area contributed by atoms with E-state index in [0.717, 1.165) is 30.4 Å². The number of aromatic hydroxyl groups is 1. The third-order valence-corrected chi connectivity index (χ3v) is 7.43. The molecular weight excluding hydrogens is 522 g/mol. The van der Waals surface area contributed by atoms with Crippen LogP contribution < -0.4 is 5.62 Å². The molecule has 7 nitrogen and oxygen atoms in total. The second-order valence-electron chi connectivity index (χ2n) is 11.6. The van der Waals surface area contributed by atoms with Crippen LogP contribution in [0.4, 0.5) is 0 Å². The van der Waals surface area contributed by atoms with Gasteiger partial charge in [-0.25, -0.2) is 0 Å². The summed E-state index contributed by atoms with van der Waals surface area (Å²) in [4.78, 5) is 13.7.